The number of carbonyl (C=O) groups is 6. The van der Waals surface area contributed by atoms with E-state index in [4.69, 9.17) is 25.8 Å². The van der Waals surface area contributed by atoms with Gasteiger partial charge in [-0.05, 0) is 123 Å². The Morgan fingerprint density at radius 2 is 1.01 bits per heavy atom. The average Bonchev–Trinajstić information content (AvgIpc) is 3.80. The molecule has 82 heavy (non-hydrogen) atoms. The monoisotopic (exact) mass is 1090 g/mol. The van der Waals surface area contributed by atoms with Crippen molar-refractivity contribution in [3.05, 3.63) is 223 Å². The Morgan fingerprint density at radius 1 is 0.549 bits per heavy atom. The minimum Gasteiger partial charge on any atom is -0.478 e. The van der Waals surface area contributed by atoms with E-state index >= 15 is 0 Å². The van der Waals surface area contributed by atoms with Crippen molar-refractivity contribution >= 4 is 82.7 Å². The number of nitrogens with zero attached hydrogens (tertiary/aromatic N) is 3. The molecule has 3 heterocycles. The summed E-state index contributed by atoms with van der Waals surface area (Å²) < 4.78 is 12.5. The number of benzene rings is 8. The summed E-state index contributed by atoms with van der Waals surface area (Å²) in [5.74, 6) is -2.83. The molecule has 0 unspecified atom stereocenters. The zero-order valence-electron chi connectivity index (χ0n) is 45.0. The molecule has 0 spiro atoms. The highest BCUT2D eigenvalue weighted by Gasteiger charge is 2.34. The van der Waals surface area contributed by atoms with Crippen molar-refractivity contribution in [2.75, 3.05) is 49.5 Å². The van der Waals surface area contributed by atoms with Crippen molar-refractivity contribution in [2.45, 2.75) is 19.4 Å². The van der Waals surface area contributed by atoms with Gasteiger partial charge in [-0.1, -0.05) is 67.8 Å². The van der Waals surface area contributed by atoms with Crippen LogP contribution in [0.15, 0.2) is 152 Å². The molecule has 1 fully saturated rings. The van der Waals surface area contributed by atoms with Gasteiger partial charge >= 0.3 is 17.9 Å². The van der Waals surface area contributed by atoms with Gasteiger partial charge in [0.2, 0.25) is 0 Å². The van der Waals surface area contributed by atoms with Gasteiger partial charge in [0, 0.05) is 121 Å². The first-order chi connectivity index (χ1) is 39.2. The number of fused-ring (bicyclic) bond motifs is 4. The summed E-state index contributed by atoms with van der Waals surface area (Å²) in [7, 11) is 7.69. The van der Waals surface area contributed by atoms with Gasteiger partial charge in [-0.2, -0.15) is 0 Å². The average molecular weight is 1100 g/mol. The van der Waals surface area contributed by atoms with E-state index in [1.165, 1.54) is 24.3 Å². The molecule has 17 nitrogen and oxygen atoms in total. The Labute approximate surface area is 470 Å². The number of nitrogens with two attached hydrogens (primary N) is 2. The lowest BCUT2D eigenvalue weighted by Crippen LogP contribution is -2.32. The number of hydrogen-bond acceptors (Lipinski definition) is 13. The number of nitrogen functional groups attached to an aromatic ring is 2. The SMILES string of the molecule is C=c1ccc2c(c1)Oc1cc(N(C)C)ccc1C=2c1ccc(C(=O)NCc2cc(N)ccc2-c2ccc(N)cc2)cc1C(=O)O.C=c1ccc2c(c1)Oc1cc(N(C)C)ccc1C=2c1ccc(C(=O)ON2C(=O)CCC2=O)cc1C(=O)O. The minimum atomic E-state index is -1.27. The minimum absolute atomic E-state index is 0.00152. The van der Waals surface area contributed by atoms with Crippen molar-refractivity contribution in [1.82, 2.24) is 10.4 Å². The molecule has 3 aliphatic heterocycles. The molecule has 410 valence electrons. The Bertz CT molecular complexity index is 4250. The largest absolute Gasteiger partial charge is 0.478 e. The number of aromatic carboxylic acids is 2. The molecule has 0 atom stereocenters. The van der Waals surface area contributed by atoms with Crippen molar-refractivity contribution in [3.8, 4) is 34.1 Å². The molecular weight excluding hydrogens is 1040 g/mol. The Morgan fingerprint density at radius 3 is 1.51 bits per heavy atom. The van der Waals surface area contributed by atoms with E-state index in [9.17, 15) is 39.0 Å². The molecular formula is C65H54N6O11. The van der Waals surface area contributed by atoms with Gasteiger partial charge in [0.25, 0.3) is 17.7 Å². The zero-order chi connectivity index (χ0) is 58.3. The normalized spacial score (nSPS) is 12.8. The van der Waals surface area contributed by atoms with Crippen LogP contribution < -0.4 is 56.9 Å². The standard InChI is InChI=1S/C37H32N4O4.C28H22N2O7/c1-21-4-12-30-33(16-21)45-34-19-27(41(2)3)11-15-31(34)35(30)29-13-7-23(18-32(29)37(43)44)36(42)40-20-24-17-26(39)10-14-28(24)22-5-8-25(38)9-6-22;1-15-4-7-19-22(12-15)36-23-14-17(29(2)3)6-9-20(23)26(19)18-8-5-16(13-21(18)27(33)34)28(35)37-30-24(31)10-11-25(30)32/h4-19H,1,20,38-39H2,2-3H3,(H,40,42)(H,43,44);4-9,12-14H,1,10-11H2,2-3H3,(H,33,34). The van der Waals surface area contributed by atoms with Crippen molar-refractivity contribution in [1.29, 1.82) is 0 Å². The molecule has 17 heteroatoms. The molecule has 0 bridgehead atoms. The second kappa shape index (κ2) is 22.1. The summed E-state index contributed by atoms with van der Waals surface area (Å²) in [5.41, 5.74) is 21.2. The maximum atomic E-state index is 13.4. The third-order valence-corrected chi connectivity index (χ3v) is 14.1. The third kappa shape index (κ3) is 10.8. The second-order valence-electron chi connectivity index (χ2n) is 20.1. The fourth-order valence-corrected chi connectivity index (χ4v) is 9.91. The summed E-state index contributed by atoms with van der Waals surface area (Å²) in [5, 5.41) is 26.7. The number of imide groups is 1. The van der Waals surface area contributed by atoms with Crippen LogP contribution in [0.3, 0.4) is 0 Å². The molecule has 1 saturated heterocycles. The smallest absolute Gasteiger partial charge is 0.363 e. The van der Waals surface area contributed by atoms with Gasteiger partial charge in [0.1, 0.15) is 23.0 Å². The maximum Gasteiger partial charge on any atom is 0.363 e. The van der Waals surface area contributed by atoms with Gasteiger partial charge in [0.15, 0.2) is 0 Å². The van der Waals surface area contributed by atoms with Crippen LogP contribution in [0.5, 0.6) is 23.0 Å². The van der Waals surface area contributed by atoms with Crippen LogP contribution in [0.1, 0.15) is 82.1 Å². The predicted molar refractivity (Wildman–Crippen MR) is 313 cm³/mol. The lowest BCUT2D eigenvalue weighted by atomic mass is 9.88. The molecule has 7 N–H and O–H groups in total. The molecule has 3 amide bonds. The Hall–Kier alpha value is -10.9. The van der Waals surface area contributed by atoms with Gasteiger partial charge in [-0.25, -0.2) is 14.4 Å². The van der Waals surface area contributed by atoms with E-state index in [1.807, 2.05) is 135 Å². The molecule has 0 radical (unpaired) electrons. The molecule has 8 aromatic rings. The quantitative estimate of drug-likeness (QED) is 0.0591. The molecule has 0 saturated carbocycles. The number of hydroxylamine groups is 2. The van der Waals surface area contributed by atoms with Crippen LogP contribution in [0, 0.1) is 0 Å². The number of anilines is 4. The van der Waals surface area contributed by atoms with Crippen molar-refractivity contribution < 1.29 is 53.3 Å². The van der Waals surface area contributed by atoms with Crippen LogP contribution in [0.4, 0.5) is 22.7 Å². The van der Waals surface area contributed by atoms with E-state index in [-0.39, 0.29) is 41.6 Å². The number of hydrogen-bond donors (Lipinski definition) is 5. The van der Waals surface area contributed by atoms with Gasteiger partial charge in [0.05, 0.1) is 16.7 Å². The molecule has 11 rings (SSSR count). The van der Waals surface area contributed by atoms with Crippen molar-refractivity contribution in [2.24, 2.45) is 0 Å². The third-order valence-electron chi connectivity index (χ3n) is 14.1. The van der Waals surface area contributed by atoms with Gasteiger partial charge in [-0.3, -0.25) is 14.4 Å². The number of ether oxygens (including phenoxy) is 2. The topological polar surface area (TPSA) is 244 Å². The summed E-state index contributed by atoms with van der Waals surface area (Å²) in [6.45, 7) is 8.18. The lowest BCUT2D eigenvalue weighted by Gasteiger charge is -2.24. The van der Waals surface area contributed by atoms with E-state index in [1.54, 1.807) is 30.3 Å². The first-order valence-electron chi connectivity index (χ1n) is 25.7. The van der Waals surface area contributed by atoms with Crippen LogP contribution in [0.2, 0.25) is 0 Å². The number of amides is 3. The fourth-order valence-electron chi connectivity index (χ4n) is 9.91. The summed E-state index contributed by atoms with van der Waals surface area (Å²) >= 11 is 0. The highest BCUT2D eigenvalue weighted by atomic mass is 16.7. The van der Waals surface area contributed by atoms with Crippen LogP contribution in [-0.4, -0.2) is 79.1 Å². The zero-order valence-corrected chi connectivity index (χ0v) is 45.0. The van der Waals surface area contributed by atoms with E-state index in [0.29, 0.717) is 72.5 Å². The first kappa shape index (κ1) is 54.4. The Kier molecular flexibility index (Phi) is 14.6. The van der Waals surface area contributed by atoms with Crippen LogP contribution in [-0.2, 0) is 21.0 Å². The molecule has 8 aromatic carbocycles. The lowest BCUT2D eigenvalue weighted by molar-refractivity contribution is -0.172. The first-order valence-corrected chi connectivity index (χ1v) is 25.7. The maximum absolute atomic E-state index is 13.4. The molecule has 0 aliphatic carbocycles. The van der Waals surface area contributed by atoms with Gasteiger partial charge in [-0.15, -0.1) is 5.06 Å². The number of carbonyl (C=O) groups excluding carboxylic acids is 4. The fraction of sp³-hybridized carbons (Fsp3) is 0.108. The number of nitrogens with one attached hydrogen (secondary N) is 1. The number of carboxylic acid groups (broad SMARTS) is 2. The molecule has 3 aliphatic rings. The highest BCUT2D eigenvalue weighted by Crippen LogP contribution is 2.41. The summed E-state index contributed by atoms with van der Waals surface area (Å²) in [6.07, 6.45) is -0.0929. The van der Waals surface area contributed by atoms with E-state index in [0.717, 1.165) is 49.3 Å². The predicted octanol–water partition coefficient (Wildman–Crippen LogP) is 7.41. The second-order valence-corrected chi connectivity index (χ2v) is 20.1. The van der Waals surface area contributed by atoms with Crippen LogP contribution in [0.25, 0.3) is 35.4 Å². The Balaban J connectivity index is 0.000000187. The van der Waals surface area contributed by atoms with Crippen molar-refractivity contribution in [3.63, 3.8) is 0 Å². The van der Waals surface area contributed by atoms with E-state index in [2.05, 4.69) is 18.5 Å². The summed E-state index contributed by atoms with van der Waals surface area (Å²) in [4.78, 5) is 83.7. The van der Waals surface area contributed by atoms with Crippen LogP contribution >= 0.6 is 0 Å². The number of carboxylic acids is 2. The van der Waals surface area contributed by atoms with E-state index < -0.39 is 35.6 Å². The number of rotatable bonds is 12. The summed E-state index contributed by atoms with van der Waals surface area (Å²) in [6, 6.07) is 44.2. The highest BCUT2D eigenvalue weighted by molar-refractivity contribution is 6.05. The van der Waals surface area contributed by atoms with Gasteiger partial charge < -0.3 is 51.1 Å². The molecule has 0 aromatic heterocycles.